The van der Waals surface area contributed by atoms with Gasteiger partial charge in [0.15, 0.2) is 0 Å². The van der Waals surface area contributed by atoms with Crippen molar-refractivity contribution in [1.82, 2.24) is 10.2 Å². The lowest BCUT2D eigenvalue weighted by Gasteiger charge is -2.29. The van der Waals surface area contributed by atoms with Crippen molar-refractivity contribution in [2.75, 3.05) is 13.1 Å². The van der Waals surface area contributed by atoms with Crippen LogP contribution in [0.25, 0.3) is 0 Å². The van der Waals surface area contributed by atoms with Gasteiger partial charge in [-0.1, -0.05) is 6.07 Å². The molecule has 2 aromatic rings. The molecule has 1 aromatic carbocycles. The molecule has 1 saturated carbocycles. The van der Waals surface area contributed by atoms with E-state index in [9.17, 15) is 9.18 Å². The van der Waals surface area contributed by atoms with Gasteiger partial charge in [-0.15, -0.1) is 0 Å². The highest BCUT2D eigenvalue weighted by molar-refractivity contribution is 7.07. The van der Waals surface area contributed by atoms with Crippen molar-refractivity contribution in [2.24, 2.45) is 5.41 Å². The van der Waals surface area contributed by atoms with Crippen LogP contribution in [0, 0.1) is 18.2 Å². The first-order valence-corrected chi connectivity index (χ1v) is 9.82. The van der Waals surface area contributed by atoms with Crippen molar-refractivity contribution in [3.05, 3.63) is 57.5 Å². The molecule has 0 bridgehead atoms. The molecular formula is C20H23FN2OS. The predicted octanol–water partition coefficient (Wildman–Crippen LogP) is 3.98. The van der Waals surface area contributed by atoms with Crippen molar-refractivity contribution in [3.63, 3.8) is 0 Å². The Bertz CT molecular complexity index is 768. The molecule has 1 aromatic heterocycles. The van der Waals surface area contributed by atoms with E-state index in [4.69, 9.17) is 0 Å². The first-order chi connectivity index (χ1) is 12.1. The van der Waals surface area contributed by atoms with Crippen molar-refractivity contribution >= 4 is 17.2 Å². The number of rotatable bonds is 4. The number of hydrogen-bond donors (Lipinski definition) is 1. The standard InChI is InChI=1S/C20H23FN2OS/c1-14-2-3-16(10-17(14)21)19(24)23(12-15-4-9-25-13-15)18-11-20(18)5-7-22-8-6-20/h2-4,9-10,13,18,22H,5-8,11-12H2,1H3. The monoisotopic (exact) mass is 358 g/mol. The number of amides is 1. The lowest BCUT2D eigenvalue weighted by Crippen LogP contribution is -2.39. The molecule has 2 heterocycles. The zero-order valence-electron chi connectivity index (χ0n) is 14.4. The summed E-state index contributed by atoms with van der Waals surface area (Å²) in [5.74, 6) is -0.362. The number of benzene rings is 1. The molecule has 1 aliphatic carbocycles. The summed E-state index contributed by atoms with van der Waals surface area (Å²) in [7, 11) is 0. The van der Waals surface area contributed by atoms with Gasteiger partial charge in [0.1, 0.15) is 5.82 Å². The maximum absolute atomic E-state index is 14.0. The Labute approximate surface area is 151 Å². The Morgan fingerprint density at radius 1 is 1.36 bits per heavy atom. The van der Waals surface area contributed by atoms with E-state index in [1.807, 2.05) is 10.3 Å². The summed E-state index contributed by atoms with van der Waals surface area (Å²) in [6, 6.07) is 7.16. The van der Waals surface area contributed by atoms with Crippen LogP contribution in [0.4, 0.5) is 4.39 Å². The minimum Gasteiger partial charge on any atom is -0.331 e. The molecule has 1 amide bonds. The maximum Gasteiger partial charge on any atom is 0.254 e. The van der Waals surface area contributed by atoms with Gasteiger partial charge in [-0.2, -0.15) is 11.3 Å². The molecule has 1 aliphatic heterocycles. The molecule has 25 heavy (non-hydrogen) atoms. The van der Waals surface area contributed by atoms with E-state index < -0.39 is 0 Å². The molecule has 1 atom stereocenters. The highest BCUT2D eigenvalue weighted by atomic mass is 32.1. The van der Waals surface area contributed by atoms with E-state index in [1.165, 1.54) is 6.07 Å². The molecule has 4 rings (SSSR count). The van der Waals surface area contributed by atoms with Gasteiger partial charge in [0, 0.05) is 18.2 Å². The highest BCUT2D eigenvalue weighted by Crippen LogP contribution is 2.56. The molecule has 1 unspecified atom stereocenters. The van der Waals surface area contributed by atoms with E-state index in [-0.39, 0.29) is 23.2 Å². The summed E-state index contributed by atoms with van der Waals surface area (Å²) < 4.78 is 14.0. The Morgan fingerprint density at radius 2 is 2.16 bits per heavy atom. The minimum absolute atomic E-state index is 0.0505. The Hall–Kier alpha value is -1.72. The molecule has 0 radical (unpaired) electrons. The molecule has 1 saturated heterocycles. The second-order valence-electron chi connectivity index (χ2n) is 7.36. The van der Waals surface area contributed by atoms with Crippen LogP contribution in [-0.2, 0) is 6.54 Å². The second-order valence-corrected chi connectivity index (χ2v) is 8.14. The van der Waals surface area contributed by atoms with Gasteiger partial charge in [0.05, 0.1) is 0 Å². The van der Waals surface area contributed by atoms with Crippen molar-refractivity contribution < 1.29 is 9.18 Å². The maximum atomic E-state index is 14.0. The fraction of sp³-hybridized carbons (Fsp3) is 0.450. The summed E-state index contributed by atoms with van der Waals surface area (Å²) in [4.78, 5) is 15.2. The van der Waals surface area contributed by atoms with Crippen LogP contribution in [0.5, 0.6) is 0 Å². The van der Waals surface area contributed by atoms with Crippen LogP contribution in [0.3, 0.4) is 0 Å². The van der Waals surface area contributed by atoms with Crippen molar-refractivity contribution in [1.29, 1.82) is 0 Å². The summed E-state index contributed by atoms with van der Waals surface area (Å²) in [6.45, 7) is 4.38. The third kappa shape index (κ3) is 3.23. The number of carbonyl (C=O) groups excluding carboxylic acids is 1. The first-order valence-electron chi connectivity index (χ1n) is 8.88. The Kier molecular flexibility index (Phi) is 4.38. The average Bonchev–Trinajstić information content (AvgIpc) is 3.06. The van der Waals surface area contributed by atoms with Gasteiger partial charge in [-0.25, -0.2) is 4.39 Å². The smallest absolute Gasteiger partial charge is 0.254 e. The second kappa shape index (κ2) is 6.54. The number of piperidine rings is 1. The van der Waals surface area contributed by atoms with Crippen LogP contribution < -0.4 is 5.32 Å². The zero-order chi connectivity index (χ0) is 17.4. The zero-order valence-corrected chi connectivity index (χ0v) is 15.2. The molecule has 2 fully saturated rings. The molecule has 5 heteroatoms. The van der Waals surface area contributed by atoms with Crippen LogP contribution in [0.2, 0.25) is 0 Å². The lowest BCUT2D eigenvalue weighted by molar-refractivity contribution is 0.0692. The summed E-state index contributed by atoms with van der Waals surface area (Å²) in [5, 5.41) is 7.54. The SMILES string of the molecule is Cc1ccc(C(=O)N(Cc2ccsc2)C2CC23CCNCC3)cc1F. The quantitative estimate of drug-likeness (QED) is 0.897. The van der Waals surface area contributed by atoms with E-state index in [1.54, 1.807) is 30.4 Å². The van der Waals surface area contributed by atoms with Crippen molar-refractivity contribution in [2.45, 2.75) is 38.8 Å². The Morgan fingerprint density at radius 3 is 2.84 bits per heavy atom. The fourth-order valence-electron chi connectivity index (χ4n) is 4.02. The molecule has 132 valence electrons. The molecule has 1 N–H and O–H groups in total. The third-order valence-electron chi connectivity index (χ3n) is 5.73. The normalized spacial score (nSPS) is 21.3. The number of nitrogens with zero attached hydrogens (tertiary/aromatic N) is 1. The van der Waals surface area contributed by atoms with Gasteiger partial charge in [0.2, 0.25) is 0 Å². The van der Waals surface area contributed by atoms with Gasteiger partial charge < -0.3 is 10.2 Å². The number of hydrogen-bond acceptors (Lipinski definition) is 3. The topological polar surface area (TPSA) is 32.3 Å². The van der Waals surface area contributed by atoms with E-state index in [0.29, 0.717) is 17.7 Å². The van der Waals surface area contributed by atoms with Crippen LogP contribution in [-0.4, -0.2) is 29.9 Å². The van der Waals surface area contributed by atoms with E-state index in [2.05, 4.69) is 16.8 Å². The summed E-state index contributed by atoms with van der Waals surface area (Å²) in [6.07, 6.45) is 3.31. The minimum atomic E-state index is -0.311. The Balaban J connectivity index is 1.61. The number of carbonyl (C=O) groups is 1. The van der Waals surface area contributed by atoms with Crippen LogP contribution in [0.15, 0.2) is 35.0 Å². The fourth-order valence-corrected chi connectivity index (χ4v) is 4.68. The van der Waals surface area contributed by atoms with Crippen LogP contribution in [0.1, 0.15) is 40.7 Å². The lowest BCUT2D eigenvalue weighted by atomic mass is 9.93. The molecule has 2 aliphatic rings. The molecular weight excluding hydrogens is 335 g/mol. The molecule has 3 nitrogen and oxygen atoms in total. The van der Waals surface area contributed by atoms with Gasteiger partial charge in [0.25, 0.3) is 5.91 Å². The van der Waals surface area contributed by atoms with Gasteiger partial charge >= 0.3 is 0 Å². The third-order valence-corrected chi connectivity index (χ3v) is 6.47. The predicted molar refractivity (Wildman–Crippen MR) is 98.3 cm³/mol. The number of halogens is 1. The average molecular weight is 358 g/mol. The summed E-state index contributed by atoms with van der Waals surface area (Å²) >= 11 is 1.64. The number of nitrogens with one attached hydrogen (secondary N) is 1. The first kappa shape index (κ1) is 16.7. The van der Waals surface area contributed by atoms with Gasteiger partial charge in [-0.3, -0.25) is 4.79 Å². The van der Waals surface area contributed by atoms with Crippen LogP contribution >= 0.6 is 11.3 Å². The number of aryl methyl sites for hydroxylation is 1. The highest BCUT2D eigenvalue weighted by Gasteiger charge is 2.57. The number of thiophene rings is 1. The summed E-state index contributed by atoms with van der Waals surface area (Å²) in [5.41, 5.74) is 2.44. The largest absolute Gasteiger partial charge is 0.331 e. The van der Waals surface area contributed by atoms with E-state index >= 15 is 0 Å². The molecule has 1 spiro atoms. The van der Waals surface area contributed by atoms with Crippen molar-refractivity contribution in [3.8, 4) is 0 Å². The van der Waals surface area contributed by atoms with E-state index in [0.717, 1.165) is 37.9 Å². The van der Waals surface area contributed by atoms with Gasteiger partial charge in [-0.05, 0) is 84.8 Å².